The van der Waals surface area contributed by atoms with E-state index >= 15 is 0 Å². The van der Waals surface area contributed by atoms with Crippen LogP contribution in [0.1, 0.15) is 11.1 Å². The summed E-state index contributed by atoms with van der Waals surface area (Å²) >= 11 is 5.96. The van der Waals surface area contributed by atoms with E-state index in [1.165, 1.54) is 5.56 Å². The third-order valence-corrected chi connectivity index (χ3v) is 5.17. The maximum absolute atomic E-state index is 5.96. The van der Waals surface area contributed by atoms with Gasteiger partial charge in [-0.05, 0) is 35.4 Å². The van der Waals surface area contributed by atoms with Crippen LogP contribution >= 0.6 is 11.6 Å². The number of hydrogen-bond acceptors (Lipinski definition) is 5. The van der Waals surface area contributed by atoms with Crippen molar-refractivity contribution in [3.8, 4) is 11.5 Å². The smallest absolute Gasteiger partial charge is 0.161 e. The van der Waals surface area contributed by atoms with Crippen molar-refractivity contribution in [1.82, 2.24) is 9.80 Å². The lowest BCUT2D eigenvalue weighted by Crippen LogP contribution is -2.47. The molecule has 1 fully saturated rings. The number of hydrogen-bond donors (Lipinski definition) is 1. The summed E-state index contributed by atoms with van der Waals surface area (Å²) in [7, 11) is 1.66. The monoisotopic (exact) mass is 389 g/mol. The molecule has 5 nitrogen and oxygen atoms in total. The Balaban J connectivity index is 1.41. The molecule has 6 heteroatoms. The second kappa shape index (κ2) is 9.95. The first kappa shape index (κ1) is 20.0. The van der Waals surface area contributed by atoms with Gasteiger partial charge < -0.3 is 15.2 Å². The van der Waals surface area contributed by atoms with Gasteiger partial charge in [-0.2, -0.15) is 0 Å². The molecular weight excluding hydrogens is 362 g/mol. The van der Waals surface area contributed by atoms with Crippen LogP contribution in [-0.4, -0.2) is 56.2 Å². The van der Waals surface area contributed by atoms with Crippen molar-refractivity contribution in [1.29, 1.82) is 0 Å². The van der Waals surface area contributed by atoms with Crippen molar-refractivity contribution < 1.29 is 9.47 Å². The Morgan fingerprint density at radius 3 is 2.26 bits per heavy atom. The van der Waals surface area contributed by atoms with Crippen molar-refractivity contribution in [2.75, 3.05) is 46.4 Å². The van der Waals surface area contributed by atoms with Crippen LogP contribution in [0.25, 0.3) is 0 Å². The van der Waals surface area contributed by atoms with Gasteiger partial charge in [0.05, 0.1) is 7.11 Å². The third-order valence-electron chi connectivity index (χ3n) is 4.91. The number of ether oxygens (including phenoxy) is 2. The predicted molar refractivity (Wildman–Crippen MR) is 110 cm³/mol. The molecule has 0 aromatic heterocycles. The van der Waals surface area contributed by atoms with Crippen molar-refractivity contribution in [2.45, 2.75) is 13.1 Å². The van der Waals surface area contributed by atoms with E-state index < -0.39 is 0 Å². The van der Waals surface area contributed by atoms with Gasteiger partial charge in [0.15, 0.2) is 11.5 Å². The first-order valence-corrected chi connectivity index (χ1v) is 9.74. The average molecular weight is 390 g/mol. The van der Waals surface area contributed by atoms with E-state index in [0.29, 0.717) is 13.2 Å². The maximum atomic E-state index is 5.96. The lowest BCUT2D eigenvalue weighted by Gasteiger charge is -2.34. The summed E-state index contributed by atoms with van der Waals surface area (Å²) in [5.41, 5.74) is 8.07. The van der Waals surface area contributed by atoms with Gasteiger partial charge in [-0.15, -0.1) is 0 Å². The molecule has 0 bridgehead atoms. The first-order chi connectivity index (χ1) is 13.2. The summed E-state index contributed by atoms with van der Waals surface area (Å²) in [6.45, 7) is 7.25. The summed E-state index contributed by atoms with van der Waals surface area (Å²) in [6.07, 6.45) is 0. The summed E-state index contributed by atoms with van der Waals surface area (Å²) in [5, 5.41) is 0.789. The second-order valence-corrected chi connectivity index (χ2v) is 7.22. The molecule has 2 aromatic rings. The molecule has 2 N–H and O–H groups in total. The van der Waals surface area contributed by atoms with Crippen molar-refractivity contribution in [3.05, 3.63) is 58.6 Å². The lowest BCUT2D eigenvalue weighted by atomic mass is 10.2. The molecule has 0 amide bonds. The fourth-order valence-electron chi connectivity index (χ4n) is 3.26. The Kier molecular flexibility index (Phi) is 7.35. The van der Waals surface area contributed by atoms with Crippen LogP contribution in [0.3, 0.4) is 0 Å². The number of nitrogens with two attached hydrogens (primary N) is 1. The van der Waals surface area contributed by atoms with Crippen LogP contribution in [0.2, 0.25) is 5.02 Å². The molecule has 0 atom stereocenters. The molecule has 0 radical (unpaired) electrons. The van der Waals surface area contributed by atoms with Crippen molar-refractivity contribution in [3.63, 3.8) is 0 Å². The van der Waals surface area contributed by atoms with E-state index in [0.717, 1.165) is 61.4 Å². The zero-order valence-electron chi connectivity index (χ0n) is 15.9. The van der Waals surface area contributed by atoms with Gasteiger partial charge in [-0.1, -0.05) is 29.8 Å². The first-order valence-electron chi connectivity index (χ1n) is 9.37. The highest BCUT2D eigenvalue weighted by molar-refractivity contribution is 6.30. The molecule has 27 heavy (non-hydrogen) atoms. The molecule has 1 aliphatic rings. The number of nitrogens with zero attached hydrogens (tertiary/aromatic N) is 2. The molecule has 146 valence electrons. The minimum Gasteiger partial charge on any atom is -0.493 e. The molecule has 2 aromatic carbocycles. The Bertz CT molecular complexity index is 716. The molecule has 1 aliphatic heterocycles. The zero-order valence-corrected chi connectivity index (χ0v) is 16.6. The van der Waals surface area contributed by atoms with Crippen LogP contribution in [0, 0.1) is 0 Å². The normalized spacial score (nSPS) is 15.7. The topological polar surface area (TPSA) is 51.0 Å². The van der Waals surface area contributed by atoms with Crippen LogP contribution in [0.15, 0.2) is 42.5 Å². The van der Waals surface area contributed by atoms with Gasteiger partial charge in [0.2, 0.25) is 0 Å². The SMILES string of the molecule is COc1ccc(CN)cc1OCCN1CCN(Cc2ccc(Cl)cc2)CC1. The van der Waals surface area contributed by atoms with Gasteiger partial charge in [0.25, 0.3) is 0 Å². The molecule has 3 rings (SSSR count). The number of benzene rings is 2. The van der Waals surface area contributed by atoms with Crippen LogP contribution in [-0.2, 0) is 13.1 Å². The molecule has 0 unspecified atom stereocenters. The van der Waals surface area contributed by atoms with E-state index in [2.05, 4.69) is 21.9 Å². The minimum absolute atomic E-state index is 0.496. The maximum Gasteiger partial charge on any atom is 0.161 e. The highest BCUT2D eigenvalue weighted by atomic mass is 35.5. The van der Waals surface area contributed by atoms with E-state index in [1.54, 1.807) is 7.11 Å². The van der Waals surface area contributed by atoms with Crippen molar-refractivity contribution >= 4 is 11.6 Å². The summed E-state index contributed by atoms with van der Waals surface area (Å²) in [6, 6.07) is 14.0. The van der Waals surface area contributed by atoms with E-state index in [4.69, 9.17) is 26.8 Å². The quantitative estimate of drug-likeness (QED) is 0.752. The van der Waals surface area contributed by atoms with Gasteiger partial charge in [0, 0.05) is 50.8 Å². The van der Waals surface area contributed by atoms with Crippen molar-refractivity contribution in [2.24, 2.45) is 5.73 Å². The Hall–Kier alpha value is -1.79. The highest BCUT2D eigenvalue weighted by Crippen LogP contribution is 2.28. The molecular formula is C21H28ClN3O2. The minimum atomic E-state index is 0.496. The van der Waals surface area contributed by atoms with Crippen LogP contribution in [0.4, 0.5) is 0 Å². The number of halogens is 1. The number of rotatable bonds is 8. The molecule has 0 spiro atoms. The highest BCUT2D eigenvalue weighted by Gasteiger charge is 2.17. The van der Waals surface area contributed by atoms with E-state index in [-0.39, 0.29) is 0 Å². The Morgan fingerprint density at radius 2 is 1.59 bits per heavy atom. The molecule has 0 aliphatic carbocycles. The third kappa shape index (κ3) is 5.84. The predicted octanol–water partition coefficient (Wildman–Crippen LogP) is 3.00. The number of piperazine rings is 1. The standard InChI is InChI=1S/C21H28ClN3O2/c1-26-20-7-4-18(15-23)14-21(20)27-13-12-24-8-10-25(11-9-24)16-17-2-5-19(22)6-3-17/h2-7,14H,8-13,15-16,23H2,1H3. The van der Waals surface area contributed by atoms with Gasteiger partial charge >= 0.3 is 0 Å². The lowest BCUT2D eigenvalue weighted by molar-refractivity contribution is 0.112. The van der Waals surface area contributed by atoms with Crippen LogP contribution in [0.5, 0.6) is 11.5 Å². The molecule has 0 saturated carbocycles. The molecule has 1 saturated heterocycles. The number of methoxy groups -OCH3 is 1. The Morgan fingerprint density at radius 1 is 0.926 bits per heavy atom. The summed E-state index contributed by atoms with van der Waals surface area (Å²) in [5.74, 6) is 1.52. The average Bonchev–Trinajstić information content (AvgIpc) is 2.71. The summed E-state index contributed by atoms with van der Waals surface area (Å²) < 4.78 is 11.3. The molecule has 1 heterocycles. The second-order valence-electron chi connectivity index (χ2n) is 6.78. The zero-order chi connectivity index (χ0) is 19.1. The van der Waals surface area contributed by atoms with E-state index in [1.807, 2.05) is 30.3 Å². The van der Waals surface area contributed by atoms with Crippen LogP contribution < -0.4 is 15.2 Å². The van der Waals surface area contributed by atoms with Gasteiger partial charge in [-0.3, -0.25) is 9.80 Å². The fraction of sp³-hybridized carbons (Fsp3) is 0.429. The van der Waals surface area contributed by atoms with E-state index in [9.17, 15) is 0 Å². The van der Waals surface area contributed by atoms with Gasteiger partial charge in [0.1, 0.15) is 6.61 Å². The Labute approximate surface area is 166 Å². The largest absolute Gasteiger partial charge is 0.493 e. The fourth-order valence-corrected chi connectivity index (χ4v) is 3.39. The van der Waals surface area contributed by atoms with Gasteiger partial charge in [-0.25, -0.2) is 0 Å². The summed E-state index contributed by atoms with van der Waals surface area (Å²) in [4.78, 5) is 4.92.